The summed E-state index contributed by atoms with van der Waals surface area (Å²) in [6, 6.07) is 19.4. The van der Waals surface area contributed by atoms with Crippen molar-refractivity contribution in [2.45, 2.75) is 96.3 Å². The number of amides is 1. The van der Waals surface area contributed by atoms with Gasteiger partial charge in [0.1, 0.15) is 0 Å². The number of benzene rings is 2. The van der Waals surface area contributed by atoms with Crippen molar-refractivity contribution in [3.8, 4) is 0 Å². The van der Waals surface area contributed by atoms with Crippen molar-refractivity contribution in [1.82, 2.24) is 5.32 Å². The highest BCUT2D eigenvalue weighted by Gasteiger charge is 2.18. The van der Waals surface area contributed by atoms with Crippen molar-refractivity contribution in [3.05, 3.63) is 71.8 Å². The number of rotatable bonds is 18. The highest BCUT2D eigenvalue weighted by atomic mass is 16.5. The van der Waals surface area contributed by atoms with Crippen molar-refractivity contribution in [2.75, 3.05) is 6.61 Å². The topological polar surface area (TPSA) is 58.6 Å². The van der Waals surface area contributed by atoms with Gasteiger partial charge in [-0.25, -0.2) is 0 Å². The molecule has 0 bridgehead atoms. The summed E-state index contributed by atoms with van der Waals surface area (Å²) in [7, 11) is 0. The summed E-state index contributed by atoms with van der Waals surface area (Å²) in [6.07, 6.45) is 11.4. The van der Waals surface area contributed by atoms with Crippen LogP contribution in [0.5, 0.6) is 0 Å². The van der Waals surface area contributed by atoms with Gasteiger partial charge in [-0.15, -0.1) is 0 Å². The van der Waals surface area contributed by atoms with Crippen molar-refractivity contribution < 1.29 is 14.6 Å². The molecule has 182 valence electrons. The number of aliphatic hydroxyl groups is 1. The molecule has 0 heterocycles. The summed E-state index contributed by atoms with van der Waals surface area (Å²) in [6.45, 7) is 3.11. The van der Waals surface area contributed by atoms with Gasteiger partial charge < -0.3 is 15.2 Å². The minimum Gasteiger partial charge on any atom is -0.388 e. The lowest BCUT2D eigenvalue weighted by Crippen LogP contribution is -2.39. The van der Waals surface area contributed by atoms with Crippen LogP contribution in [0.2, 0.25) is 0 Å². The first-order valence-electron chi connectivity index (χ1n) is 12.8. The largest absolute Gasteiger partial charge is 0.388 e. The van der Waals surface area contributed by atoms with E-state index in [0.29, 0.717) is 26.1 Å². The Labute approximate surface area is 200 Å². The molecule has 2 aromatic carbocycles. The number of unbranched alkanes of at least 4 members (excludes halogenated alkanes) is 8. The summed E-state index contributed by atoms with van der Waals surface area (Å²) < 4.78 is 5.89. The van der Waals surface area contributed by atoms with Crippen molar-refractivity contribution in [3.63, 3.8) is 0 Å². The molecule has 0 aliphatic carbocycles. The molecular formula is C29H43NO3. The SMILES string of the molecule is CCCCCCCCCCCC(=O)N[C@@H](COCc1ccccc1)C[C@H](O)c1ccccc1. The Balaban J connectivity index is 1.73. The van der Waals surface area contributed by atoms with Gasteiger partial charge in [0.15, 0.2) is 0 Å². The molecule has 0 unspecified atom stereocenters. The van der Waals surface area contributed by atoms with Gasteiger partial charge in [-0.1, -0.05) is 119 Å². The molecule has 0 aromatic heterocycles. The standard InChI is InChI=1S/C29H43NO3/c1-2-3-4-5-6-7-8-9-16-21-29(32)30-27(22-28(31)26-19-14-11-15-20-26)24-33-23-25-17-12-10-13-18-25/h10-15,17-20,27-28,31H,2-9,16,21-24H2,1H3,(H,30,32)/t27-,28+/m1/s1. The Bertz CT molecular complexity index is 735. The maximum atomic E-state index is 12.6. The van der Waals surface area contributed by atoms with Crippen LogP contribution in [-0.4, -0.2) is 23.7 Å². The molecule has 2 rings (SSSR count). The number of nitrogens with one attached hydrogen (secondary N) is 1. The van der Waals surface area contributed by atoms with E-state index in [-0.39, 0.29) is 11.9 Å². The number of aliphatic hydroxyl groups excluding tert-OH is 1. The zero-order valence-corrected chi connectivity index (χ0v) is 20.4. The van der Waals surface area contributed by atoms with Crippen LogP contribution in [0.15, 0.2) is 60.7 Å². The van der Waals surface area contributed by atoms with Crippen LogP contribution in [0, 0.1) is 0 Å². The van der Waals surface area contributed by atoms with E-state index in [9.17, 15) is 9.90 Å². The Kier molecular flexibility index (Phi) is 14.2. The molecule has 4 heteroatoms. The predicted molar refractivity (Wildman–Crippen MR) is 136 cm³/mol. The van der Waals surface area contributed by atoms with Gasteiger partial charge in [-0.3, -0.25) is 4.79 Å². The average molecular weight is 454 g/mol. The lowest BCUT2D eigenvalue weighted by molar-refractivity contribution is -0.122. The fourth-order valence-electron chi connectivity index (χ4n) is 4.04. The Morgan fingerprint density at radius 3 is 2.06 bits per heavy atom. The number of hydrogen-bond donors (Lipinski definition) is 2. The zero-order valence-electron chi connectivity index (χ0n) is 20.4. The van der Waals surface area contributed by atoms with Gasteiger partial charge in [0, 0.05) is 6.42 Å². The van der Waals surface area contributed by atoms with Gasteiger partial charge in [0.05, 0.1) is 25.4 Å². The van der Waals surface area contributed by atoms with Crippen molar-refractivity contribution in [1.29, 1.82) is 0 Å². The zero-order chi connectivity index (χ0) is 23.6. The van der Waals surface area contributed by atoms with Crippen molar-refractivity contribution >= 4 is 5.91 Å². The first-order chi connectivity index (χ1) is 16.2. The summed E-state index contributed by atoms with van der Waals surface area (Å²) in [5, 5.41) is 13.8. The van der Waals surface area contributed by atoms with Crippen LogP contribution in [0.25, 0.3) is 0 Å². The molecule has 4 nitrogen and oxygen atoms in total. The highest BCUT2D eigenvalue weighted by molar-refractivity contribution is 5.76. The number of ether oxygens (including phenoxy) is 1. The second kappa shape index (κ2) is 17.3. The molecule has 0 spiro atoms. The summed E-state index contributed by atoms with van der Waals surface area (Å²) in [5.41, 5.74) is 1.96. The molecule has 0 saturated carbocycles. The molecule has 0 aliphatic heterocycles. The smallest absolute Gasteiger partial charge is 0.220 e. The third kappa shape index (κ3) is 12.6. The van der Waals surface area contributed by atoms with E-state index in [4.69, 9.17) is 4.74 Å². The van der Waals surface area contributed by atoms with E-state index < -0.39 is 6.10 Å². The second-order valence-corrected chi connectivity index (χ2v) is 9.01. The Hall–Kier alpha value is -2.17. The monoisotopic (exact) mass is 453 g/mol. The van der Waals surface area contributed by atoms with E-state index in [1.165, 1.54) is 44.9 Å². The minimum atomic E-state index is -0.635. The average Bonchev–Trinajstić information content (AvgIpc) is 2.84. The van der Waals surface area contributed by atoms with Crippen molar-refractivity contribution in [2.24, 2.45) is 0 Å². The molecule has 0 saturated heterocycles. The van der Waals surface area contributed by atoms with E-state index in [2.05, 4.69) is 12.2 Å². The van der Waals surface area contributed by atoms with Crippen LogP contribution < -0.4 is 5.32 Å². The van der Waals surface area contributed by atoms with E-state index >= 15 is 0 Å². The fourth-order valence-corrected chi connectivity index (χ4v) is 4.04. The van der Waals surface area contributed by atoms with E-state index in [1.807, 2.05) is 60.7 Å². The molecule has 0 fully saturated rings. The fraction of sp³-hybridized carbons (Fsp3) is 0.552. The molecule has 0 aliphatic rings. The number of carbonyl (C=O) groups is 1. The number of carbonyl (C=O) groups excluding carboxylic acids is 1. The van der Waals surface area contributed by atoms with Crippen LogP contribution >= 0.6 is 0 Å². The predicted octanol–water partition coefficient (Wildman–Crippen LogP) is 6.73. The van der Waals surface area contributed by atoms with Gasteiger partial charge in [0.2, 0.25) is 5.91 Å². The third-order valence-corrected chi connectivity index (χ3v) is 6.00. The first kappa shape index (κ1) is 27.1. The molecule has 1 amide bonds. The number of hydrogen-bond acceptors (Lipinski definition) is 3. The lowest BCUT2D eigenvalue weighted by Gasteiger charge is -2.22. The maximum absolute atomic E-state index is 12.6. The molecule has 33 heavy (non-hydrogen) atoms. The maximum Gasteiger partial charge on any atom is 0.220 e. The minimum absolute atomic E-state index is 0.0477. The highest BCUT2D eigenvalue weighted by Crippen LogP contribution is 2.19. The van der Waals surface area contributed by atoms with Gasteiger partial charge in [-0.2, -0.15) is 0 Å². The molecule has 2 atom stereocenters. The van der Waals surface area contributed by atoms with Crippen LogP contribution in [-0.2, 0) is 16.1 Å². The third-order valence-electron chi connectivity index (χ3n) is 6.00. The summed E-state index contributed by atoms with van der Waals surface area (Å²) >= 11 is 0. The quantitative estimate of drug-likeness (QED) is 0.246. The van der Waals surface area contributed by atoms with Gasteiger partial charge in [-0.05, 0) is 24.0 Å². The summed E-state index contributed by atoms with van der Waals surface area (Å²) in [4.78, 5) is 12.6. The molecular weight excluding hydrogens is 410 g/mol. The summed E-state index contributed by atoms with van der Waals surface area (Å²) in [5.74, 6) is 0.0477. The van der Waals surface area contributed by atoms with Gasteiger partial charge >= 0.3 is 0 Å². The normalized spacial score (nSPS) is 12.9. The Morgan fingerprint density at radius 2 is 1.42 bits per heavy atom. The molecule has 0 radical (unpaired) electrons. The first-order valence-corrected chi connectivity index (χ1v) is 12.8. The van der Waals surface area contributed by atoms with E-state index in [1.54, 1.807) is 0 Å². The van der Waals surface area contributed by atoms with E-state index in [0.717, 1.165) is 24.0 Å². The second-order valence-electron chi connectivity index (χ2n) is 9.01. The molecule has 2 N–H and O–H groups in total. The van der Waals surface area contributed by atoms with Gasteiger partial charge in [0.25, 0.3) is 0 Å². The van der Waals surface area contributed by atoms with Crippen LogP contribution in [0.3, 0.4) is 0 Å². The Morgan fingerprint density at radius 1 is 0.848 bits per heavy atom. The van der Waals surface area contributed by atoms with Crippen LogP contribution in [0.1, 0.15) is 94.8 Å². The van der Waals surface area contributed by atoms with Crippen LogP contribution in [0.4, 0.5) is 0 Å². The molecule has 2 aromatic rings. The lowest BCUT2D eigenvalue weighted by atomic mass is 10.0.